The van der Waals surface area contributed by atoms with Gasteiger partial charge in [0.2, 0.25) is 0 Å². The van der Waals surface area contributed by atoms with Crippen LogP contribution in [0.5, 0.6) is 0 Å². The average Bonchev–Trinajstić information content (AvgIpc) is 2.68. The van der Waals surface area contributed by atoms with E-state index in [0.717, 1.165) is 18.2 Å². The smallest absolute Gasteiger partial charge is 0.399 e. The normalized spacial score (nSPS) is 13.1. The molecule has 11 heteroatoms. The second kappa shape index (κ2) is 11.1. The fourth-order valence-corrected chi connectivity index (χ4v) is 3.65. The van der Waals surface area contributed by atoms with Gasteiger partial charge in [0.25, 0.3) is 5.91 Å². The molecule has 0 aromatic heterocycles. The molecule has 0 radical (unpaired) electrons. The largest absolute Gasteiger partial charge is 0.459 e. The van der Waals surface area contributed by atoms with Crippen LogP contribution >= 0.6 is 34.8 Å². The average molecular weight is 535 g/mol. The van der Waals surface area contributed by atoms with Crippen molar-refractivity contribution in [3.8, 4) is 0 Å². The number of benzene rings is 2. The Morgan fingerprint density at radius 2 is 1.68 bits per heavy atom. The number of halogens is 6. The summed E-state index contributed by atoms with van der Waals surface area (Å²) in [4.78, 5) is 24.2. The van der Waals surface area contributed by atoms with Gasteiger partial charge < -0.3 is 10.1 Å². The molecule has 0 bridgehead atoms. The lowest BCUT2D eigenvalue weighted by Gasteiger charge is -2.19. The SMILES string of the molecule is Bc1cc(/C=C/C(c2cc(Cl)c(Cl)c(Cl)c2)C(F)(F)F)ccc1C(=O)NCC(=O)OC(C)(C)C. The minimum atomic E-state index is -4.60. The van der Waals surface area contributed by atoms with Crippen molar-refractivity contribution >= 4 is 66.1 Å². The summed E-state index contributed by atoms with van der Waals surface area (Å²) >= 11 is 17.6. The van der Waals surface area contributed by atoms with E-state index in [1.54, 1.807) is 34.7 Å². The number of nitrogens with one attached hydrogen (secondary N) is 1. The lowest BCUT2D eigenvalue weighted by atomic mass is 9.88. The molecule has 0 aliphatic carbocycles. The number of allylic oxidation sites excluding steroid dienone is 1. The number of ether oxygens (including phenoxy) is 1. The standard InChI is InChI=1S/C23H22BCl3F3NO3/c1-22(2,3)34-19(32)11-31-21(33)14-6-4-12(8-16(14)24)5-7-15(23(28,29)30)13-9-17(25)20(27)18(26)10-13/h4-10,15H,11,24H2,1-3H3,(H,31,33)/b7-5+. The zero-order chi connectivity index (χ0) is 25.8. The Bertz CT molecular complexity index is 1090. The maximum atomic E-state index is 13.7. The van der Waals surface area contributed by atoms with Crippen molar-refractivity contribution in [1.82, 2.24) is 5.32 Å². The Kier molecular flexibility index (Phi) is 9.13. The number of esters is 1. The molecule has 0 aliphatic heterocycles. The molecule has 1 atom stereocenters. The molecule has 0 spiro atoms. The molecule has 2 aromatic carbocycles. The van der Waals surface area contributed by atoms with Crippen LogP contribution in [0.2, 0.25) is 15.1 Å². The van der Waals surface area contributed by atoms with E-state index in [1.807, 2.05) is 0 Å². The first-order chi connectivity index (χ1) is 15.6. The predicted octanol–water partition coefficient (Wildman–Crippen LogP) is 5.34. The van der Waals surface area contributed by atoms with Crippen LogP contribution in [0, 0.1) is 0 Å². The molecular weight excluding hydrogens is 512 g/mol. The van der Waals surface area contributed by atoms with E-state index in [9.17, 15) is 22.8 Å². The van der Waals surface area contributed by atoms with Gasteiger partial charge in [-0.15, -0.1) is 0 Å². The highest BCUT2D eigenvalue weighted by Gasteiger charge is 2.39. The second-order valence-corrected chi connectivity index (χ2v) is 9.71. The first kappa shape index (κ1) is 28.1. The fourth-order valence-electron chi connectivity index (χ4n) is 3.04. The van der Waals surface area contributed by atoms with Gasteiger partial charge in [-0.2, -0.15) is 13.2 Å². The molecule has 4 nitrogen and oxygen atoms in total. The minimum Gasteiger partial charge on any atom is -0.459 e. The van der Waals surface area contributed by atoms with E-state index in [0.29, 0.717) is 11.0 Å². The highest BCUT2D eigenvalue weighted by molar-refractivity contribution is 6.48. The maximum Gasteiger partial charge on any atom is 0.399 e. The van der Waals surface area contributed by atoms with Crippen LogP contribution in [-0.2, 0) is 9.53 Å². The first-order valence-electron chi connectivity index (χ1n) is 10.1. The highest BCUT2D eigenvalue weighted by Crippen LogP contribution is 2.41. The number of alkyl halides is 3. The lowest BCUT2D eigenvalue weighted by Crippen LogP contribution is -2.36. The van der Waals surface area contributed by atoms with Crippen LogP contribution in [0.15, 0.2) is 36.4 Å². The summed E-state index contributed by atoms with van der Waals surface area (Å²) in [5.41, 5.74) is 0.414. The van der Waals surface area contributed by atoms with Crippen molar-refractivity contribution in [1.29, 1.82) is 0 Å². The van der Waals surface area contributed by atoms with Crippen LogP contribution in [0.1, 0.15) is 48.2 Å². The Morgan fingerprint density at radius 3 is 2.18 bits per heavy atom. The van der Waals surface area contributed by atoms with E-state index in [2.05, 4.69) is 5.32 Å². The second-order valence-electron chi connectivity index (χ2n) is 8.52. The van der Waals surface area contributed by atoms with Gasteiger partial charge in [0.15, 0.2) is 0 Å². The van der Waals surface area contributed by atoms with Crippen molar-refractivity contribution < 1.29 is 27.5 Å². The van der Waals surface area contributed by atoms with Gasteiger partial charge in [0.1, 0.15) is 20.0 Å². The Labute approximate surface area is 211 Å². The number of amides is 1. The molecular formula is C23H22BCl3F3NO3. The summed E-state index contributed by atoms with van der Waals surface area (Å²) < 4.78 is 46.3. The molecule has 0 saturated carbocycles. The number of carbonyl (C=O) groups excluding carboxylic acids is 2. The van der Waals surface area contributed by atoms with Crippen LogP contribution in [0.3, 0.4) is 0 Å². The highest BCUT2D eigenvalue weighted by atomic mass is 35.5. The molecule has 1 N–H and O–H groups in total. The van der Waals surface area contributed by atoms with Crippen molar-refractivity contribution in [3.63, 3.8) is 0 Å². The van der Waals surface area contributed by atoms with E-state index >= 15 is 0 Å². The lowest BCUT2D eigenvalue weighted by molar-refractivity contribution is -0.153. The van der Waals surface area contributed by atoms with Gasteiger partial charge in [0.05, 0.1) is 21.0 Å². The molecule has 0 aliphatic rings. The molecule has 182 valence electrons. The Morgan fingerprint density at radius 1 is 1.09 bits per heavy atom. The minimum absolute atomic E-state index is 0.0202. The summed E-state index contributed by atoms with van der Waals surface area (Å²) in [7, 11) is 1.64. The number of rotatable bonds is 6. The summed E-state index contributed by atoms with van der Waals surface area (Å²) in [5, 5.41) is 2.29. The summed E-state index contributed by atoms with van der Waals surface area (Å²) in [6.45, 7) is 4.82. The van der Waals surface area contributed by atoms with E-state index in [4.69, 9.17) is 39.5 Å². The van der Waals surface area contributed by atoms with E-state index < -0.39 is 29.6 Å². The third-order valence-electron chi connectivity index (χ3n) is 4.51. The zero-order valence-corrected chi connectivity index (χ0v) is 21.1. The predicted molar refractivity (Wildman–Crippen MR) is 132 cm³/mol. The van der Waals surface area contributed by atoms with Crippen molar-refractivity contribution in [3.05, 3.63) is 68.2 Å². The summed E-state index contributed by atoms with van der Waals surface area (Å²) in [6, 6.07) is 6.79. The van der Waals surface area contributed by atoms with Crippen LogP contribution in [0.4, 0.5) is 13.2 Å². The van der Waals surface area contributed by atoms with Gasteiger partial charge in [0, 0.05) is 5.56 Å². The summed E-state index contributed by atoms with van der Waals surface area (Å²) in [6.07, 6.45) is -2.33. The van der Waals surface area contributed by atoms with Crippen LogP contribution in [-0.4, -0.2) is 38.0 Å². The van der Waals surface area contributed by atoms with Gasteiger partial charge in [-0.05, 0) is 50.1 Å². The molecule has 1 amide bonds. The van der Waals surface area contributed by atoms with Crippen molar-refractivity contribution in [2.75, 3.05) is 6.54 Å². The molecule has 1 unspecified atom stereocenters. The third kappa shape index (κ3) is 7.96. The summed E-state index contributed by atoms with van der Waals surface area (Å²) in [5.74, 6) is -3.06. The maximum absolute atomic E-state index is 13.7. The molecule has 34 heavy (non-hydrogen) atoms. The van der Waals surface area contributed by atoms with Crippen LogP contribution < -0.4 is 10.8 Å². The van der Waals surface area contributed by atoms with E-state index in [-0.39, 0.29) is 32.7 Å². The molecule has 0 heterocycles. The monoisotopic (exact) mass is 533 g/mol. The third-order valence-corrected chi connectivity index (χ3v) is 5.70. The zero-order valence-electron chi connectivity index (χ0n) is 18.8. The van der Waals surface area contributed by atoms with Gasteiger partial charge >= 0.3 is 12.1 Å². The van der Waals surface area contributed by atoms with Gasteiger partial charge in [-0.3, -0.25) is 9.59 Å². The van der Waals surface area contributed by atoms with Crippen molar-refractivity contribution in [2.45, 2.75) is 38.5 Å². The van der Waals surface area contributed by atoms with Crippen LogP contribution in [0.25, 0.3) is 6.08 Å². The van der Waals surface area contributed by atoms with Crippen molar-refractivity contribution in [2.24, 2.45) is 0 Å². The first-order valence-corrected chi connectivity index (χ1v) is 11.2. The number of hydrogen-bond acceptors (Lipinski definition) is 3. The molecule has 0 fully saturated rings. The molecule has 2 rings (SSSR count). The number of carbonyl (C=O) groups is 2. The fraction of sp³-hybridized carbons (Fsp3) is 0.304. The number of hydrogen-bond donors (Lipinski definition) is 1. The molecule has 2 aromatic rings. The van der Waals surface area contributed by atoms with Gasteiger partial charge in [-0.1, -0.05) is 64.6 Å². The van der Waals surface area contributed by atoms with Gasteiger partial charge in [-0.25, -0.2) is 0 Å². The quantitative estimate of drug-likeness (QED) is 0.310. The molecule has 0 saturated heterocycles. The Hall–Kier alpha value is -2.16. The topological polar surface area (TPSA) is 55.4 Å². The van der Waals surface area contributed by atoms with E-state index in [1.165, 1.54) is 18.2 Å². The Balaban J connectivity index is 2.20.